The Morgan fingerprint density at radius 3 is 0.939 bits per heavy atom. The van der Waals surface area contributed by atoms with E-state index in [1.165, 1.54) is 141 Å². The lowest BCUT2D eigenvalue weighted by Gasteiger charge is -2.18. The fraction of sp³-hybridized carbons (Fsp3) is 0.783. The monoisotopic (exact) mass is 923 g/mol. The van der Waals surface area contributed by atoms with E-state index < -0.39 is 6.10 Å². The fourth-order valence-electron chi connectivity index (χ4n) is 8.02. The summed E-state index contributed by atoms with van der Waals surface area (Å²) in [6, 6.07) is 0. The van der Waals surface area contributed by atoms with Crippen LogP contribution in [-0.2, 0) is 28.6 Å². The Bertz CT molecular complexity index is 1200. The van der Waals surface area contributed by atoms with Crippen molar-refractivity contribution in [2.24, 2.45) is 0 Å². The van der Waals surface area contributed by atoms with Gasteiger partial charge in [0.05, 0.1) is 0 Å². The average Bonchev–Trinajstić information content (AvgIpc) is 3.31. The van der Waals surface area contributed by atoms with Crippen LogP contribution in [0.25, 0.3) is 0 Å². The quantitative estimate of drug-likeness (QED) is 0.0262. The summed E-state index contributed by atoms with van der Waals surface area (Å²) >= 11 is 0. The molecular weight excluding hydrogens is 817 g/mol. The second-order valence-electron chi connectivity index (χ2n) is 18.8. The lowest BCUT2D eigenvalue weighted by Crippen LogP contribution is -2.30. The van der Waals surface area contributed by atoms with E-state index in [-0.39, 0.29) is 31.1 Å². The molecule has 6 nitrogen and oxygen atoms in total. The van der Waals surface area contributed by atoms with E-state index in [1.54, 1.807) is 0 Å². The summed E-state index contributed by atoms with van der Waals surface area (Å²) in [5, 5.41) is 0. The molecule has 0 rings (SSSR count). The summed E-state index contributed by atoms with van der Waals surface area (Å²) in [5.41, 5.74) is 0. The van der Waals surface area contributed by atoms with Crippen LogP contribution in [0.2, 0.25) is 0 Å². The van der Waals surface area contributed by atoms with E-state index in [4.69, 9.17) is 14.2 Å². The lowest BCUT2D eigenvalue weighted by molar-refractivity contribution is -0.167. The van der Waals surface area contributed by atoms with Gasteiger partial charge in [-0.05, 0) is 83.5 Å². The van der Waals surface area contributed by atoms with Crippen LogP contribution >= 0.6 is 0 Å². The van der Waals surface area contributed by atoms with Gasteiger partial charge < -0.3 is 14.2 Å². The normalized spacial score (nSPS) is 12.5. The fourth-order valence-corrected chi connectivity index (χ4v) is 8.02. The van der Waals surface area contributed by atoms with Crippen molar-refractivity contribution in [1.29, 1.82) is 0 Å². The topological polar surface area (TPSA) is 78.9 Å². The molecule has 66 heavy (non-hydrogen) atoms. The molecule has 6 heteroatoms. The summed E-state index contributed by atoms with van der Waals surface area (Å²) < 4.78 is 16.8. The second-order valence-corrected chi connectivity index (χ2v) is 18.8. The van der Waals surface area contributed by atoms with Crippen molar-refractivity contribution in [2.45, 2.75) is 290 Å². The van der Waals surface area contributed by atoms with Crippen molar-refractivity contribution in [3.63, 3.8) is 0 Å². The highest BCUT2D eigenvalue weighted by Gasteiger charge is 2.19. The molecule has 0 radical (unpaired) electrons. The number of allylic oxidation sites excluding steroid dienone is 10. The molecule has 0 aromatic heterocycles. The Morgan fingerprint density at radius 2 is 0.591 bits per heavy atom. The third-order valence-electron chi connectivity index (χ3n) is 12.3. The van der Waals surface area contributed by atoms with E-state index >= 15 is 0 Å². The Hall–Kier alpha value is -2.89. The maximum absolute atomic E-state index is 12.8. The van der Waals surface area contributed by atoms with Crippen molar-refractivity contribution < 1.29 is 28.6 Å². The first-order chi connectivity index (χ1) is 32.5. The molecule has 0 fully saturated rings. The number of esters is 3. The van der Waals surface area contributed by atoms with Gasteiger partial charge in [0.2, 0.25) is 0 Å². The Balaban J connectivity index is 4.39. The summed E-state index contributed by atoms with van der Waals surface area (Å²) in [6.45, 7) is 6.53. The van der Waals surface area contributed by atoms with Crippen LogP contribution in [0.3, 0.4) is 0 Å². The van der Waals surface area contributed by atoms with Crippen LogP contribution < -0.4 is 0 Å². The van der Waals surface area contributed by atoms with Gasteiger partial charge in [-0.1, -0.05) is 242 Å². The molecule has 0 aromatic rings. The number of hydrogen-bond acceptors (Lipinski definition) is 6. The van der Waals surface area contributed by atoms with Gasteiger partial charge in [-0.2, -0.15) is 0 Å². The highest BCUT2D eigenvalue weighted by Crippen LogP contribution is 2.16. The third kappa shape index (κ3) is 52.1. The van der Waals surface area contributed by atoms with Crippen LogP contribution in [0.15, 0.2) is 60.8 Å². The molecule has 0 aliphatic heterocycles. The molecule has 0 heterocycles. The molecule has 0 aliphatic carbocycles. The number of unbranched alkanes of at least 4 members (excludes halogenated alkanes) is 30. The average molecular weight is 924 g/mol. The summed E-state index contributed by atoms with van der Waals surface area (Å²) in [7, 11) is 0. The maximum Gasteiger partial charge on any atom is 0.306 e. The smallest absolute Gasteiger partial charge is 0.306 e. The van der Waals surface area contributed by atoms with Crippen molar-refractivity contribution in [2.75, 3.05) is 13.2 Å². The maximum atomic E-state index is 12.8. The predicted octanol–water partition coefficient (Wildman–Crippen LogP) is 18.8. The minimum absolute atomic E-state index is 0.0796. The van der Waals surface area contributed by atoms with Gasteiger partial charge >= 0.3 is 17.9 Å². The van der Waals surface area contributed by atoms with E-state index in [0.29, 0.717) is 19.3 Å². The first-order valence-electron chi connectivity index (χ1n) is 28.3. The molecule has 1 unspecified atom stereocenters. The summed E-state index contributed by atoms with van der Waals surface area (Å²) in [5.74, 6) is -0.892. The van der Waals surface area contributed by atoms with Crippen molar-refractivity contribution in [1.82, 2.24) is 0 Å². The first-order valence-corrected chi connectivity index (χ1v) is 28.3. The van der Waals surface area contributed by atoms with Crippen LogP contribution in [-0.4, -0.2) is 37.2 Å². The van der Waals surface area contributed by atoms with E-state index in [9.17, 15) is 14.4 Å². The summed E-state index contributed by atoms with van der Waals surface area (Å²) in [6.07, 6.45) is 67.7. The number of carbonyl (C=O) groups excluding carboxylic acids is 3. The third-order valence-corrected chi connectivity index (χ3v) is 12.3. The highest BCUT2D eigenvalue weighted by atomic mass is 16.6. The minimum Gasteiger partial charge on any atom is -0.462 e. The van der Waals surface area contributed by atoms with E-state index in [0.717, 1.165) is 103 Å². The molecule has 0 bridgehead atoms. The van der Waals surface area contributed by atoms with Gasteiger partial charge in [-0.25, -0.2) is 0 Å². The largest absolute Gasteiger partial charge is 0.462 e. The molecular formula is C60H106O6. The zero-order valence-corrected chi connectivity index (χ0v) is 43.7. The predicted molar refractivity (Wildman–Crippen MR) is 284 cm³/mol. The van der Waals surface area contributed by atoms with Crippen LogP contribution in [0.5, 0.6) is 0 Å². The van der Waals surface area contributed by atoms with Gasteiger partial charge in [0.15, 0.2) is 6.10 Å². The number of hydrogen-bond donors (Lipinski definition) is 0. The Kier molecular flexibility index (Phi) is 52.3. The molecule has 0 amide bonds. The SMILES string of the molecule is CC/C=C\C/C=C\C/C=C\C/C=C\CCCCCCCCC(=O)OCC(COC(=O)CCCCCCCCCCCCCCCC)OC(=O)CCCCCCC/C=C\CCCCCCCC. The molecule has 0 aliphatic rings. The molecule has 0 saturated heterocycles. The summed E-state index contributed by atoms with van der Waals surface area (Å²) in [4.78, 5) is 38.1. The number of carbonyl (C=O) groups is 3. The van der Waals surface area contributed by atoms with Gasteiger partial charge in [0, 0.05) is 19.3 Å². The first kappa shape index (κ1) is 63.1. The van der Waals surface area contributed by atoms with Crippen LogP contribution in [0, 0.1) is 0 Å². The molecule has 1 atom stereocenters. The lowest BCUT2D eigenvalue weighted by atomic mass is 10.0. The molecule has 0 saturated carbocycles. The molecule has 0 aromatic carbocycles. The van der Waals surface area contributed by atoms with Crippen molar-refractivity contribution in [3.05, 3.63) is 60.8 Å². The molecule has 0 N–H and O–H groups in total. The highest BCUT2D eigenvalue weighted by molar-refractivity contribution is 5.71. The van der Waals surface area contributed by atoms with Gasteiger partial charge in [0.1, 0.15) is 13.2 Å². The number of rotatable bonds is 51. The zero-order valence-electron chi connectivity index (χ0n) is 43.7. The zero-order chi connectivity index (χ0) is 47.9. The van der Waals surface area contributed by atoms with Gasteiger partial charge in [-0.3, -0.25) is 14.4 Å². The molecule has 0 spiro atoms. The Labute approximate surface area is 409 Å². The van der Waals surface area contributed by atoms with Crippen LogP contribution in [0.4, 0.5) is 0 Å². The molecule has 382 valence electrons. The number of ether oxygens (including phenoxy) is 3. The second kappa shape index (κ2) is 54.7. The van der Waals surface area contributed by atoms with Gasteiger partial charge in [0.25, 0.3) is 0 Å². The standard InChI is InChI=1S/C60H106O6/c1-4-7-10-13-16-19-22-25-28-29-30-31-33-35-38-41-44-47-50-53-59(62)65-56-57(55-64-58(61)52-49-46-43-40-37-34-27-24-21-18-15-12-9-6-3)66-60(63)54-51-48-45-42-39-36-32-26-23-20-17-14-11-8-5-2/h7,10,16,19,25-26,28,30-32,57H,4-6,8-9,11-15,17-18,20-24,27,29,33-56H2,1-3H3/b10-7-,19-16-,28-25-,31-30-,32-26-. The van der Waals surface area contributed by atoms with E-state index in [1.807, 2.05) is 0 Å². The van der Waals surface area contributed by atoms with Crippen molar-refractivity contribution >= 4 is 17.9 Å². The van der Waals surface area contributed by atoms with Crippen LogP contribution in [0.1, 0.15) is 284 Å². The van der Waals surface area contributed by atoms with E-state index in [2.05, 4.69) is 81.5 Å². The minimum atomic E-state index is -0.782. The Morgan fingerprint density at radius 1 is 0.318 bits per heavy atom. The van der Waals surface area contributed by atoms with Gasteiger partial charge in [-0.15, -0.1) is 0 Å². The van der Waals surface area contributed by atoms with Crippen molar-refractivity contribution in [3.8, 4) is 0 Å².